The summed E-state index contributed by atoms with van der Waals surface area (Å²) in [5.74, 6) is 1.48. The van der Waals surface area contributed by atoms with Gasteiger partial charge in [-0.25, -0.2) is 15.0 Å². The van der Waals surface area contributed by atoms with Crippen LogP contribution in [0.2, 0.25) is 0 Å². The summed E-state index contributed by atoms with van der Waals surface area (Å²) >= 11 is 0. The molecule has 3 heterocycles. The number of imidazole rings is 1. The van der Waals surface area contributed by atoms with Crippen molar-refractivity contribution in [3.63, 3.8) is 0 Å². The van der Waals surface area contributed by atoms with Gasteiger partial charge in [0.15, 0.2) is 11.5 Å². The second-order valence-corrected chi connectivity index (χ2v) is 5.90. The zero-order chi connectivity index (χ0) is 15.5. The molecule has 4 rings (SSSR count). The van der Waals surface area contributed by atoms with E-state index in [2.05, 4.69) is 37.0 Å². The van der Waals surface area contributed by atoms with E-state index in [1.54, 1.807) is 12.7 Å². The highest BCUT2D eigenvalue weighted by molar-refractivity contribution is 5.82. The van der Waals surface area contributed by atoms with Crippen molar-refractivity contribution in [2.24, 2.45) is 5.92 Å². The van der Waals surface area contributed by atoms with Crippen molar-refractivity contribution in [2.75, 3.05) is 24.6 Å². The van der Waals surface area contributed by atoms with Gasteiger partial charge in [0.05, 0.1) is 19.5 Å². The van der Waals surface area contributed by atoms with Crippen molar-refractivity contribution in [3.8, 4) is 0 Å². The molecule has 1 aliphatic heterocycles. The Balaban J connectivity index is 1.35. The molecule has 1 atom stereocenters. The summed E-state index contributed by atoms with van der Waals surface area (Å²) in [6.07, 6.45) is 4.37. The lowest BCUT2D eigenvalue weighted by Crippen LogP contribution is -2.22. The van der Waals surface area contributed by atoms with Crippen LogP contribution >= 0.6 is 0 Å². The van der Waals surface area contributed by atoms with Gasteiger partial charge in [-0.05, 0) is 12.0 Å². The van der Waals surface area contributed by atoms with Crippen LogP contribution in [0.3, 0.4) is 0 Å². The third-order valence-electron chi connectivity index (χ3n) is 4.25. The molecular weight excluding hydrogens is 290 g/mol. The van der Waals surface area contributed by atoms with E-state index in [1.807, 2.05) is 18.2 Å². The molecule has 0 saturated carbocycles. The van der Waals surface area contributed by atoms with Crippen LogP contribution in [0.25, 0.3) is 11.2 Å². The normalized spacial score (nSPS) is 17.9. The van der Waals surface area contributed by atoms with Crippen LogP contribution in [-0.2, 0) is 11.3 Å². The predicted octanol–water partition coefficient (Wildman–Crippen LogP) is 2.40. The first kappa shape index (κ1) is 14.1. The molecule has 0 bridgehead atoms. The van der Waals surface area contributed by atoms with E-state index in [1.165, 1.54) is 5.56 Å². The molecule has 118 valence electrons. The summed E-state index contributed by atoms with van der Waals surface area (Å²) in [4.78, 5) is 18.2. The smallest absolute Gasteiger partial charge is 0.182 e. The van der Waals surface area contributed by atoms with Crippen molar-refractivity contribution >= 4 is 17.0 Å². The number of hydrogen-bond acceptors (Lipinski definition) is 5. The maximum absolute atomic E-state index is 5.88. The van der Waals surface area contributed by atoms with E-state index in [4.69, 9.17) is 4.74 Å². The first-order valence-corrected chi connectivity index (χ1v) is 7.91. The van der Waals surface area contributed by atoms with Gasteiger partial charge in [-0.2, -0.15) is 0 Å². The molecule has 1 N–H and O–H groups in total. The van der Waals surface area contributed by atoms with Crippen LogP contribution in [0.4, 0.5) is 5.82 Å². The maximum atomic E-state index is 5.88. The van der Waals surface area contributed by atoms with Gasteiger partial charge < -0.3 is 14.6 Å². The van der Waals surface area contributed by atoms with Gasteiger partial charge in [-0.15, -0.1) is 0 Å². The van der Waals surface area contributed by atoms with Crippen molar-refractivity contribution in [3.05, 3.63) is 48.5 Å². The van der Waals surface area contributed by atoms with Gasteiger partial charge in [0, 0.05) is 19.0 Å². The number of anilines is 1. The Morgan fingerprint density at radius 1 is 1.17 bits per heavy atom. The third-order valence-corrected chi connectivity index (χ3v) is 4.25. The van der Waals surface area contributed by atoms with Crippen molar-refractivity contribution in [1.82, 2.24) is 19.9 Å². The zero-order valence-corrected chi connectivity index (χ0v) is 12.9. The molecule has 1 aromatic carbocycles. The van der Waals surface area contributed by atoms with Crippen LogP contribution in [0.1, 0.15) is 12.0 Å². The summed E-state index contributed by atoms with van der Waals surface area (Å²) in [5.41, 5.74) is 2.86. The quantitative estimate of drug-likeness (QED) is 0.784. The van der Waals surface area contributed by atoms with Crippen LogP contribution in [0.15, 0.2) is 43.0 Å². The highest BCUT2D eigenvalue weighted by Crippen LogP contribution is 2.26. The predicted molar refractivity (Wildman–Crippen MR) is 88.1 cm³/mol. The Kier molecular flexibility index (Phi) is 3.90. The van der Waals surface area contributed by atoms with E-state index in [-0.39, 0.29) is 0 Å². The standard InChI is InChI=1S/C17H19N5O/c1-2-4-13(5-3-1)9-23-10-14-6-7-22(8-14)17-15-16(19-11-18-15)20-12-21-17/h1-5,11-12,14H,6-10H2,(H,18,19,20,21)/t14-/m0/s1. The first-order chi connectivity index (χ1) is 11.4. The molecule has 6 heteroatoms. The van der Waals surface area contributed by atoms with Gasteiger partial charge in [0.1, 0.15) is 11.8 Å². The lowest BCUT2D eigenvalue weighted by atomic mass is 10.1. The second-order valence-electron chi connectivity index (χ2n) is 5.90. The molecule has 1 aliphatic rings. The Bertz CT molecular complexity index is 773. The second kappa shape index (κ2) is 6.34. The number of rotatable bonds is 5. The number of benzene rings is 1. The lowest BCUT2D eigenvalue weighted by molar-refractivity contribution is 0.0929. The topological polar surface area (TPSA) is 66.9 Å². The fraction of sp³-hybridized carbons (Fsp3) is 0.353. The van der Waals surface area contributed by atoms with Crippen LogP contribution in [0, 0.1) is 5.92 Å². The Hall–Kier alpha value is -2.47. The Labute approximate surface area is 134 Å². The van der Waals surface area contributed by atoms with E-state index in [9.17, 15) is 0 Å². The van der Waals surface area contributed by atoms with Gasteiger partial charge in [-0.3, -0.25) is 0 Å². The summed E-state index contributed by atoms with van der Waals surface area (Å²) < 4.78 is 5.88. The molecule has 3 aromatic rings. The molecule has 0 unspecified atom stereocenters. The minimum Gasteiger partial charge on any atom is -0.376 e. The molecule has 0 radical (unpaired) electrons. The molecule has 0 spiro atoms. The maximum Gasteiger partial charge on any atom is 0.182 e. The minimum atomic E-state index is 0.534. The Morgan fingerprint density at radius 3 is 3.00 bits per heavy atom. The molecule has 0 amide bonds. The van der Waals surface area contributed by atoms with Gasteiger partial charge >= 0.3 is 0 Å². The SMILES string of the molecule is c1ccc(COC[C@H]2CCN(c3ncnc4nc[nH]c34)C2)cc1. The fourth-order valence-electron chi connectivity index (χ4n) is 3.07. The first-order valence-electron chi connectivity index (χ1n) is 7.91. The van der Waals surface area contributed by atoms with Gasteiger partial charge in [0.25, 0.3) is 0 Å². The number of nitrogens with one attached hydrogen (secondary N) is 1. The van der Waals surface area contributed by atoms with E-state index in [0.29, 0.717) is 12.5 Å². The number of H-pyrrole nitrogens is 1. The highest BCUT2D eigenvalue weighted by Gasteiger charge is 2.25. The van der Waals surface area contributed by atoms with Crippen LogP contribution in [0.5, 0.6) is 0 Å². The molecule has 2 aromatic heterocycles. The molecule has 1 fully saturated rings. The number of fused-ring (bicyclic) bond motifs is 1. The fourth-order valence-corrected chi connectivity index (χ4v) is 3.07. The Morgan fingerprint density at radius 2 is 2.09 bits per heavy atom. The van der Waals surface area contributed by atoms with Crippen molar-refractivity contribution < 1.29 is 4.74 Å². The molecule has 23 heavy (non-hydrogen) atoms. The summed E-state index contributed by atoms with van der Waals surface area (Å²) in [6.45, 7) is 3.41. The van der Waals surface area contributed by atoms with Gasteiger partial charge in [0.2, 0.25) is 0 Å². The van der Waals surface area contributed by atoms with Gasteiger partial charge in [-0.1, -0.05) is 30.3 Å². The number of aromatic amines is 1. The van der Waals surface area contributed by atoms with E-state index in [0.717, 1.165) is 43.1 Å². The van der Waals surface area contributed by atoms with Crippen molar-refractivity contribution in [2.45, 2.75) is 13.0 Å². The largest absolute Gasteiger partial charge is 0.376 e. The van der Waals surface area contributed by atoms with E-state index >= 15 is 0 Å². The number of ether oxygens (including phenoxy) is 1. The zero-order valence-electron chi connectivity index (χ0n) is 12.9. The molecule has 0 aliphatic carbocycles. The molecule has 6 nitrogen and oxygen atoms in total. The summed E-state index contributed by atoms with van der Waals surface area (Å²) in [7, 11) is 0. The van der Waals surface area contributed by atoms with Crippen LogP contribution in [-0.4, -0.2) is 39.6 Å². The van der Waals surface area contributed by atoms with Crippen LogP contribution < -0.4 is 4.90 Å². The molecular formula is C17H19N5O. The monoisotopic (exact) mass is 309 g/mol. The highest BCUT2D eigenvalue weighted by atomic mass is 16.5. The average molecular weight is 309 g/mol. The number of hydrogen-bond donors (Lipinski definition) is 1. The minimum absolute atomic E-state index is 0.534. The van der Waals surface area contributed by atoms with E-state index < -0.39 is 0 Å². The number of nitrogens with zero attached hydrogens (tertiary/aromatic N) is 4. The summed E-state index contributed by atoms with van der Waals surface area (Å²) in [5, 5.41) is 0. The number of aromatic nitrogens is 4. The third kappa shape index (κ3) is 3.03. The summed E-state index contributed by atoms with van der Waals surface area (Å²) in [6, 6.07) is 10.3. The van der Waals surface area contributed by atoms with Crippen molar-refractivity contribution in [1.29, 1.82) is 0 Å². The average Bonchev–Trinajstić information content (AvgIpc) is 3.24. The molecule has 1 saturated heterocycles. The lowest BCUT2D eigenvalue weighted by Gasteiger charge is -2.17.